The molecule has 0 aliphatic heterocycles. The van der Waals surface area contributed by atoms with Gasteiger partial charge in [-0.25, -0.2) is 0 Å². The number of hydrogen-bond acceptors (Lipinski definition) is 1. The summed E-state index contributed by atoms with van der Waals surface area (Å²) in [6, 6.07) is 0.517. The molecule has 2 bridgehead atoms. The molecule has 2 saturated carbocycles. The predicted molar refractivity (Wildman–Crippen MR) is 49.5 cm³/mol. The lowest BCUT2D eigenvalue weighted by Gasteiger charge is -2.37. The lowest BCUT2D eigenvalue weighted by molar-refractivity contribution is 0.190. The second kappa shape index (κ2) is 2.35. The third-order valence-corrected chi connectivity index (χ3v) is 4.26. The van der Waals surface area contributed by atoms with Gasteiger partial charge in [0.1, 0.15) is 0 Å². The first-order valence-corrected chi connectivity index (χ1v) is 5.30. The molecule has 1 unspecified atom stereocenters. The summed E-state index contributed by atoms with van der Waals surface area (Å²) in [4.78, 5) is 0. The van der Waals surface area contributed by atoms with Gasteiger partial charge < -0.3 is 5.73 Å². The minimum atomic E-state index is 0.517. The molecule has 1 heteroatoms. The summed E-state index contributed by atoms with van der Waals surface area (Å²) in [7, 11) is 0. The van der Waals surface area contributed by atoms with Crippen molar-refractivity contribution in [3.05, 3.63) is 12.2 Å². The maximum absolute atomic E-state index is 6.17. The molecule has 3 aliphatic rings. The van der Waals surface area contributed by atoms with Gasteiger partial charge in [0.25, 0.3) is 0 Å². The first-order valence-electron chi connectivity index (χ1n) is 5.30. The summed E-state index contributed by atoms with van der Waals surface area (Å²) < 4.78 is 0. The SMILES string of the molecule is NC1CCC[C@@H]2[C@H]1[C@@H]1C=C[C@H]2C1. The van der Waals surface area contributed by atoms with E-state index in [9.17, 15) is 0 Å². The summed E-state index contributed by atoms with van der Waals surface area (Å²) >= 11 is 0. The zero-order chi connectivity index (χ0) is 8.13. The normalized spacial score (nSPS) is 55.9. The third-order valence-electron chi connectivity index (χ3n) is 4.26. The van der Waals surface area contributed by atoms with Gasteiger partial charge in [-0.1, -0.05) is 18.6 Å². The molecular formula is C11H17N. The summed E-state index contributed by atoms with van der Waals surface area (Å²) in [5.41, 5.74) is 6.17. The Morgan fingerprint density at radius 3 is 2.75 bits per heavy atom. The molecule has 3 rings (SSSR count). The van der Waals surface area contributed by atoms with Crippen molar-refractivity contribution < 1.29 is 0 Å². The fraction of sp³-hybridized carbons (Fsp3) is 0.818. The fourth-order valence-electron chi connectivity index (χ4n) is 3.79. The maximum atomic E-state index is 6.17. The Bertz CT molecular complexity index is 221. The minimum Gasteiger partial charge on any atom is -0.327 e. The van der Waals surface area contributed by atoms with E-state index in [0.29, 0.717) is 6.04 Å². The van der Waals surface area contributed by atoms with Crippen molar-refractivity contribution >= 4 is 0 Å². The largest absolute Gasteiger partial charge is 0.327 e. The molecule has 0 saturated heterocycles. The van der Waals surface area contributed by atoms with Crippen LogP contribution < -0.4 is 5.73 Å². The van der Waals surface area contributed by atoms with Crippen LogP contribution in [0.4, 0.5) is 0 Å². The highest BCUT2D eigenvalue weighted by Crippen LogP contribution is 2.53. The quantitative estimate of drug-likeness (QED) is 0.543. The Labute approximate surface area is 74.0 Å². The second-order valence-corrected chi connectivity index (χ2v) is 4.78. The van der Waals surface area contributed by atoms with Gasteiger partial charge in [0.15, 0.2) is 0 Å². The van der Waals surface area contributed by atoms with Crippen molar-refractivity contribution in [2.24, 2.45) is 29.4 Å². The lowest BCUT2D eigenvalue weighted by Crippen LogP contribution is -2.40. The molecule has 0 heterocycles. The molecule has 0 radical (unpaired) electrons. The zero-order valence-corrected chi connectivity index (χ0v) is 7.45. The molecule has 3 aliphatic carbocycles. The maximum Gasteiger partial charge on any atom is 0.00756 e. The lowest BCUT2D eigenvalue weighted by atomic mass is 9.71. The molecule has 5 atom stereocenters. The van der Waals surface area contributed by atoms with E-state index in [2.05, 4.69) is 12.2 Å². The first kappa shape index (κ1) is 7.14. The van der Waals surface area contributed by atoms with E-state index in [1.54, 1.807) is 0 Å². The molecule has 0 aromatic heterocycles. The van der Waals surface area contributed by atoms with Gasteiger partial charge in [-0.2, -0.15) is 0 Å². The van der Waals surface area contributed by atoms with Crippen LogP contribution in [0.15, 0.2) is 12.2 Å². The molecule has 0 aromatic carbocycles. The molecule has 2 N–H and O–H groups in total. The molecule has 0 amide bonds. The van der Waals surface area contributed by atoms with E-state index in [-0.39, 0.29) is 0 Å². The highest BCUT2D eigenvalue weighted by molar-refractivity contribution is 5.16. The smallest absolute Gasteiger partial charge is 0.00756 e. The highest BCUT2D eigenvalue weighted by atomic mass is 14.7. The van der Waals surface area contributed by atoms with Gasteiger partial charge in [-0.3, -0.25) is 0 Å². The monoisotopic (exact) mass is 163 g/mol. The van der Waals surface area contributed by atoms with Gasteiger partial charge in [0, 0.05) is 6.04 Å². The average Bonchev–Trinajstić information content (AvgIpc) is 2.64. The molecule has 0 aromatic rings. The fourth-order valence-corrected chi connectivity index (χ4v) is 3.79. The van der Waals surface area contributed by atoms with E-state index >= 15 is 0 Å². The van der Waals surface area contributed by atoms with E-state index in [1.165, 1.54) is 25.7 Å². The van der Waals surface area contributed by atoms with Crippen molar-refractivity contribution in [1.29, 1.82) is 0 Å². The number of allylic oxidation sites excluding steroid dienone is 2. The zero-order valence-electron chi connectivity index (χ0n) is 7.45. The third kappa shape index (κ3) is 0.779. The molecular weight excluding hydrogens is 146 g/mol. The molecule has 12 heavy (non-hydrogen) atoms. The molecule has 1 nitrogen and oxygen atoms in total. The second-order valence-electron chi connectivity index (χ2n) is 4.78. The Kier molecular flexibility index (Phi) is 1.40. The van der Waals surface area contributed by atoms with Crippen molar-refractivity contribution in [1.82, 2.24) is 0 Å². The number of nitrogens with two attached hydrogens (primary N) is 1. The average molecular weight is 163 g/mol. The first-order chi connectivity index (χ1) is 5.86. The summed E-state index contributed by atoms with van der Waals surface area (Å²) in [6.07, 6.45) is 10.4. The van der Waals surface area contributed by atoms with Gasteiger partial charge in [0.05, 0.1) is 0 Å². The molecule has 66 valence electrons. The van der Waals surface area contributed by atoms with Crippen LogP contribution in [0.1, 0.15) is 25.7 Å². The van der Waals surface area contributed by atoms with Crippen molar-refractivity contribution in [3.8, 4) is 0 Å². The minimum absolute atomic E-state index is 0.517. The van der Waals surface area contributed by atoms with Crippen LogP contribution in [0.5, 0.6) is 0 Å². The Hall–Kier alpha value is -0.300. The summed E-state index contributed by atoms with van der Waals surface area (Å²) in [5, 5.41) is 0. The predicted octanol–water partition coefficient (Wildman–Crippen LogP) is 1.94. The van der Waals surface area contributed by atoms with Crippen molar-refractivity contribution in [2.45, 2.75) is 31.7 Å². The summed E-state index contributed by atoms with van der Waals surface area (Å²) in [6.45, 7) is 0. The number of hydrogen-bond donors (Lipinski definition) is 1. The van der Waals surface area contributed by atoms with Crippen LogP contribution in [-0.4, -0.2) is 6.04 Å². The number of rotatable bonds is 0. The highest BCUT2D eigenvalue weighted by Gasteiger charge is 2.47. The van der Waals surface area contributed by atoms with Crippen molar-refractivity contribution in [2.75, 3.05) is 0 Å². The van der Waals surface area contributed by atoms with Gasteiger partial charge >= 0.3 is 0 Å². The Morgan fingerprint density at radius 1 is 1.08 bits per heavy atom. The van der Waals surface area contributed by atoms with Gasteiger partial charge in [-0.05, 0) is 42.9 Å². The van der Waals surface area contributed by atoms with Crippen LogP contribution in [0, 0.1) is 23.7 Å². The molecule has 2 fully saturated rings. The van der Waals surface area contributed by atoms with Crippen LogP contribution in [-0.2, 0) is 0 Å². The van der Waals surface area contributed by atoms with Crippen LogP contribution in [0.25, 0.3) is 0 Å². The topological polar surface area (TPSA) is 26.0 Å². The van der Waals surface area contributed by atoms with Crippen LogP contribution in [0.3, 0.4) is 0 Å². The van der Waals surface area contributed by atoms with E-state index in [0.717, 1.165) is 23.7 Å². The molecule has 0 spiro atoms. The van der Waals surface area contributed by atoms with E-state index in [1.807, 2.05) is 0 Å². The van der Waals surface area contributed by atoms with Crippen LogP contribution >= 0.6 is 0 Å². The van der Waals surface area contributed by atoms with Gasteiger partial charge in [0.2, 0.25) is 0 Å². The standard InChI is InChI=1S/C11H17N/c12-10-3-1-2-9-7-4-5-8(6-7)11(9)10/h4-5,7-11H,1-3,6,12H2/t7-,8+,9-,10?,11+/m0/s1. The van der Waals surface area contributed by atoms with Crippen molar-refractivity contribution in [3.63, 3.8) is 0 Å². The Balaban J connectivity index is 1.92. The summed E-state index contributed by atoms with van der Waals surface area (Å²) in [5.74, 6) is 3.58. The van der Waals surface area contributed by atoms with E-state index < -0.39 is 0 Å². The van der Waals surface area contributed by atoms with E-state index in [4.69, 9.17) is 5.73 Å². The number of fused-ring (bicyclic) bond motifs is 5. The Morgan fingerprint density at radius 2 is 1.92 bits per heavy atom. The van der Waals surface area contributed by atoms with Crippen LogP contribution in [0.2, 0.25) is 0 Å². The van der Waals surface area contributed by atoms with Gasteiger partial charge in [-0.15, -0.1) is 0 Å².